The Balaban J connectivity index is 2.48. The monoisotopic (exact) mass is 154 g/mol. The second kappa shape index (κ2) is 3.56. The Morgan fingerprint density at radius 3 is 3.00 bits per heavy atom. The van der Waals surface area contributed by atoms with E-state index in [0.717, 1.165) is 12.8 Å². The van der Waals surface area contributed by atoms with Crippen molar-refractivity contribution >= 4 is 5.97 Å². The second-order valence-corrected chi connectivity index (χ2v) is 2.83. The third-order valence-corrected chi connectivity index (χ3v) is 2.04. The molecule has 0 saturated carbocycles. The molecule has 0 bridgehead atoms. The van der Waals surface area contributed by atoms with Gasteiger partial charge in [-0.2, -0.15) is 0 Å². The van der Waals surface area contributed by atoms with Crippen LogP contribution in [0.5, 0.6) is 0 Å². The largest absolute Gasteiger partial charge is 0.466 e. The molecular weight excluding hydrogens is 140 g/mol. The third-order valence-electron chi connectivity index (χ3n) is 2.04. The van der Waals surface area contributed by atoms with Gasteiger partial charge < -0.3 is 4.74 Å². The standard InChI is InChI=1S/C9H14O2/c1-3-11-9(10)8-6-4-5-7(8)2/h5,8H,3-4,6H2,1-2H3. The maximum absolute atomic E-state index is 11.2. The molecule has 62 valence electrons. The molecule has 0 spiro atoms. The molecule has 0 heterocycles. The second-order valence-electron chi connectivity index (χ2n) is 2.83. The van der Waals surface area contributed by atoms with Crippen molar-refractivity contribution in [3.05, 3.63) is 11.6 Å². The molecule has 0 aliphatic heterocycles. The first-order valence-corrected chi connectivity index (χ1v) is 4.09. The van der Waals surface area contributed by atoms with Gasteiger partial charge in [0.1, 0.15) is 0 Å². The minimum atomic E-state index is -0.0567. The fraction of sp³-hybridized carbons (Fsp3) is 0.667. The molecule has 0 saturated heterocycles. The van der Waals surface area contributed by atoms with Gasteiger partial charge in [-0.05, 0) is 26.7 Å². The summed E-state index contributed by atoms with van der Waals surface area (Å²) >= 11 is 0. The van der Waals surface area contributed by atoms with Gasteiger partial charge in [0.05, 0.1) is 12.5 Å². The van der Waals surface area contributed by atoms with Crippen molar-refractivity contribution < 1.29 is 9.53 Å². The molecule has 0 radical (unpaired) electrons. The highest BCUT2D eigenvalue weighted by atomic mass is 16.5. The summed E-state index contributed by atoms with van der Waals surface area (Å²) in [5, 5.41) is 0. The number of rotatable bonds is 2. The smallest absolute Gasteiger partial charge is 0.313 e. The van der Waals surface area contributed by atoms with E-state index in [1.807, 2.05) is 13.8 Å². The van der Waals surface area contributed by atoms with Crippen LogP contribution < -0.4 is 0 Å². The molecule has 2 heteroatoms. The normalized spacial score (nSPS) is 23.1. The van der Waals surface area contributed by atoms with E-state index in [1.165, 1.54) is 5.57 Å². The topological polar surface area (TPSA) is 26.3 Å². The number of carbonyl (C=O) groups is 1. The average Bonchev–Trinajstić information content (AvgIpc) is 2.36. The van der Waals surface area contributed by atoms with Gasteiger partial charge in [-0.15, -0.1) is 0 Å². The molecule has 0 N–H and O–H groups in total. The van der Waals surface area contributed by atoms with Crippen molar-refractivity contribution in [3.8, 4) is 0 Å². The van der Waals surface area contributed by atoms with Gasteiger partial charge in [0, 0.05) is 0 Å². The lowest BCUT2D eigenvalue weighted by Crippen LogP contribution is -2.16. The van der Waals surface area contributed by atoms with E-state index in [0.29, 0.717) is 6.61 Å². The Labute approximate surface area is 67.2 Å². The highest BCUT2D eigenvalue weighted by molar-refractivity contribution is 5.76. The Bertz CT molecular complexity index is 182. The minimum absolute atomic E-state index is 0.0509. The van der Waals surface area contributed by atoms with Crippen molar-refractivity contribution in [2.24, 2.45) is 5.92 Å². The van der Waals surface area contributed by atoms with E-state index < -0.39 is 0 Å². The van der Waals surface area contributed by atoms with Crippen LogP contribution >= 0.6 is 0 Å². The first kappa shape index (κ1) is 8.31. The maximum atomic E-state index is 11.2. The van der Waals surface area contributed by atoms with Crippen molar-refractivity contribution in [1.29, 1.82) is 0 Å². The Morgan fingerprint density at radius 2 is 2.55 bits per heavy atom. The first-order chi connectivity index (χ1) is 5.25. The molecule has 0 aromatic rings. The summed E-state index contributed by atoms with van der Waals surface area (Å²) in [6.07, 6.45) is 4.07. The summed E-state index contributed by atoms with van der Waals surface area (Å²) in [5.41, 5.74) is 1.17. The molecule has 1 atom stereocenters. The zero-order chi connectivity index (χ0) is 8.27. The van der Waals surface area contributed by atoms with E-state index in [-0.39, 0.29) is 11.9 Å². The minimum Gasteiger partial charge on any atom is -0.466 e. The number of allylic oxidation sites excluding steroid dienone is 1. The van der Waals surface area contributed by atoms with Gasteiger partial charge in [0.25, 0.3) is 0 Å². The zero-order valence-electron chi connectivity index (χ0n) is 7.09. The molecular formula is C9H14O2. The number of hydrogen-bond donors (Lipinski definition) is 0. The molecule has 1 unspecified atom stereocenters. The number of carbonyl (C=O) groups excluding carboxylic acids is 1. The summed E-state index contributed by atoms with van der Waals surface area (Å²) in [6.45, 7) is 4.32. The van der Waals surface area contributed by atoms with Gasteiger partial charge in [-0.1, -0.05) is 11.6 Å². The summed E-state index contributed by atoms with van der Waals surface area (Å²) < 4.78 is 4.92. The van der Waals surface area contributed by atoms with Crippen LogP contribution in [0.2, 0.25) is 0 Å². The van der Waals surface area contributed by atoms with Crippen molar-refractivity contribution in [2.75, 3.05) is 6.61 Å². The molecule has 11 heavy (non-hydrogen) atoms. The fourth-order valence-corrected chi connectivity index (χ4v) is 1.39. The molecule has 1 rings (SSSR count). The maximum Gasteiger partial charge on any atom is 0.313 e. The lowest BCUT2D eigenvalue weighted by atomic mass is 10.0. The number of esters is 1. The van der Waals surface area contributed by atoms with Gasteiger partial charge in [0.2, 0.25) is 0 Å². The highest BCUT2D eigenvalue weighted by Crippen LogP contribution is 2.25. The summed E-state index contributed by atoms with van der Waals surface area (Å²) in [7, 11) is 0. The first-order valence-electron chi connectivity index (χ1n) is 4.09. The van der Waals surface area contributed by atoms with Crippen LogP contribution in [0.3, 0.4) is 0 Å². The van der Waals surface area contributed by atoms with Crippen molar-refractivity contribution in [2.45, 2.75) is 26.7 Å². The number of hydrogen-bond acceptors (Lipinski definition) is 2. The van der Waals surface area contributed by atoms with Crippen LogP contribution in [-0.4, -0.2) is 12.6 Å². The molecule has 1 aliphatic rings. The van der Waals surface area contributed by atoms with E-state index in [2.05, 4.69) is 6.08 Å². The molecule has 0 aromatic heterocycles. The van der Waals surface area contributed by atoms with Crippen molar-refractivity contribution in [3.63, 3.8) is 0 Å². The molecule has 2 nitrogen and oxygen atoms in total. The lowest BCUT2D eigenvalue weighted by Gasteiger charge is -2.09. The van der Waals surface area contributed by atoms with Crippen LogP contribution in [0, 0.1) is 5.92 Å². The average molecular weight is 154 g/mol. The van der Waals surface area contributed by atoms with E-state index >= 15 is 0 Å². The van der Waals surface area contributed by atoms with Crippen LogP contribution in [0.15, 0.2) is 11.6 Å². The fourth-order valence-electron chi connectivity index (χ4n) is 1.39. The van der Waals surface area contributed by atoms with Gasteiger partial charge in [-0.25, -0.2) is 0 Å². The van der Waals surface area contributed by atoms with Gasteiger partial charge in [0.15, 0.2) is 0 Å². The summed E-state index contributed by atoms with van der Waals surface area (Å²) in [4.78, 5) is 11.2. The predicted octanol–water partition coefficient (Wildman–Crippen LogP) is 1.91. The van der Waals surface area contributed by atoms with Crippen LogP contribution in [0.1, 0.15) is 26.7 Å². The Kier molecular flexibility index (Phi) is 2.69. The van der Waals surface area contributed by atoms with Crippen LogP contribution in [0.25, 0.3) is 0 Å². The van der Waals surface area contributed by atoms with Crippen LogP contribution in [-0.2, 0) is 9.53 Å². The number of ether oxygens (including phenoxy) is 1. The van der Waals surface area contributed by atoms with Crippen molar-refractivity contribution in [1.82, 2.24) is 0 Å². The van der Waals surface area contributed by atoms with E-state index in [9.17, 15) is 4.79 Å². The zero-order valence-corrected chi connectivity index (χ0v) is 7.09. The third kappa shape index (κ3) is 1.82. The Morgan fingerprint density at radius 1 is 1.82 bits per heavy atom. The SMILES string of the molecule is CCOC(=O)C1CCC=C1C. The quantitative estimate of drug-likeness (QED) is 0.448. The molecule has 1 aliphatic carbocycles. The molecule has 0 fully saturated rings. The van der Waals surface area contributed by atoms with Gasteiger partial charge in [-0.3, -0.25) is 4.79 Å². The highest BCUT2D eigenvalue weighted by Gasteiger charge is 2.24. The lowest BCUT2D eigenvalue weighted by molar-refractivity contribution is -0.146. The Hall–Kier alpha value is -0.790. The summed E-state index contributed by atoms with van der Waals surface area (Å²) in [5.74, 6) is -0.00583. The predicted molar refractivity (Wildman–Crippen MR) is 43.1 cm³/mol. The molecule has 0 aromatic carbocycles. The molecule has 0 amide bonds. The van der Waals surface area contributed by atoms with E-state index in [4.69, 9.17) is 4.74 Å². The van der Waals surface area contributed by atoms with E-state index in [1.54, 1.807) is 0 Å². The summed E-state index contributed by atoms with van der Waals surface area (Å²) in [6, 6.07) is 0. The van der Waals surface area contributed by atoms with Crippen LogP contribution in [0.4, 0.5) is 0 Å². The van der Waals surface area contributed by atoms with Gasteiger partial charge >= 0.3 is 5.97 Å².